The van der Waals surface area contributed by atoms with Gasteiger partial charge in [-0.15, -0.1) is 0 Å². The molecule has 3 rings (SSSR count). The van der Waals surface area contributed by atoms with E-state index in [2.05, 4.69) is 14.6 Å². The Hall–Kier alpha value is -1.57. The zero-order valence-electron chi connectivity index (χ0n) is 12.1. The minimum Gasteiger partial charge on any atom is -0.394 e. The van der Waals surface area contributed by atoms with Crippen LogP contribution in [0.5, 0.6) is 0 Å². The molecular weight excluding hydrogens is 349 g/mol. The van der Waals surface area contributed by atoms with Crippen molar-refractivity contribution in [2.24, 2.45) is 10.7 Å². The van der Waals surface area contributed by atoms with Gasteiger partial charge in [0.15, 0.2) is 17.5 Å². The van der Waals surface area contributed by atoms with Crippen LogP contribution in [0.25, 0.3) is 5.82 Å². The van der Waals surface area contributed by atoms with Gasteiger partial charge >= 0.3 is 7.82 Å². The van der Waals surface area contributed by atoms with Gasteiger partial charge in [0.2, 0.25) is 0 Å². The first kappa shape index (κ1) is 17.3. The SMILES string of the molecule is NC1=c2ncn([C@@H]3O[C@H](CO)[C@@H](O)[C@H]3O)c2=NCN1OP(=O)(O)O. The van der Waals surface area contributed by atoms with E-state index in [1.54, 1.807) is 0 Å². The summed E-state index contributed by atoms with van der Waals surface area (Å²) in [5.74, 6) is -0.186. The third-order valence-electron chi connectivity index (χ3n) is 3.62. The summed E-state index contributed by atoms with van der Waals surface area (Å²) < 4.78 is 22.0. The van der Waals surface area contributed by atoms with Crippen LogP contribution < -0.4 is 16.6 Å². The van der Waals surface area contributed by atoms with Crippen molar-refractivity contribution >= 4 is 13.6 Å². The third-order valence-corrected chi connectivity index (χ3v) is 4.03. The molecule has 2 aliphatic heterocycles. The second kappa shape index (κ2) is 6.06. The largest absolute Gasteiger partial charge is 0.491 e. The molecular formula is C10H16N5O8P. The topological polar surface area (TPSA) is 196 Å². The van der Waals surface area contributed by atoms with Crippen LogP contribution in [0.3, 0.4) is 0 Å². The van der Waals surface area contributed by atoms with Crippen molar-refractivity contribution in [3.05, 3.63) is 17.2 Å². The Morgan fingerprint density at radius 3 is 2.71 bits per heavy atom. The molecule has 134 valence electrons. The first-order valence-electron chi connectivity index (χ1n) is 6.75. The summed E-state index contributed by atoms with van der Waals surface area (Å²) >= 11 is 0. The lowest BCUT2D eigenvalue weighted by molar-refractivity contribution is -0.0557. The molecule has 1 aromatic heterocycles. The molecule has 2 aliphatic rings. The highest BCUT2D eigenvalue weighted by Gasteiger charge is 2.44. The summed E-state index contributed by atoms with van der Waals surface area (Å²) in [6.07, 6.45) is -3.41. The highest BCUT2D eigenvalue weighted by Crippen LogP contribution is 2.38. The Balaban J connectivity index is 1.97. The molecule has 1 saturated heterocycles. The molecule has 0 bridgehead atoms. The fourth-order valence-electron chi connectivity index (χ4n) is 2.51. The molecule has 0 spiro atoms. The van der Waals surface area contributed by atoms with Crippen molar-refractivity contribution in [3.63, 3.8) is 0 Å². The molecule has 7 N–H and O–H groups in total. The van der Waals surface area contributed by atoms with Crippen molar-refractivity contribution in [2.45, 2.75) is 24.5 Å². The normalized spacial score (nSPS) is 30.4. The van der Waals surface area contributed by atoms with Gasteiger partial charge in [-0.1, -0.05) is 0 Å². The van der Waals surface area contributed by atoms with Gasteiger partial charge in [0.05, 0.1) is 12.9 Å². The molecule has 0 unspecified atom stereocenters. The molecule has 0 amide bonds. The van der Waals surface area contributed by atoms with E-state index in [0.29, 0.717) is 5.06 Å². The summed E-state index contributed by atoms with van der Waals surface area (Å²) in [4.78, 5) is 25.7. The smallest absolute Gasteiger partial charge is 0.394 e. The molecule has 0 saturated carbocycles. The van der Waals surface area contributed by atoms with Crippen LogP contribution in [-0.2, 0) is 13.9 Å². The predicted molar refractivity (Wildman–Crippen MR) is 73.4 cm³/mol. The van der Waals surface area contributed by atoms with Crippen LogP contribution in [0.15, 0.2) is 11.3 Å². The maximum Gasteiger partial charge on any atom is 0.491 e. The molecule has 0 aliphatic carbocycles. The number of nitrogens with two attached hydrogens (primary N) is 1. The minimum atomic E-state index is -4.82. The van der Waals surface area contributed by atoms with Gasteiger partial charge in [0, 0.05) is 0 Å². The number of phosphoric acid groups is 1. The maximum absolute atomic E-state index is 10.9. The lowest BCUT2D eigenvalue weighted by Crippen LogP contribution is -2.46. The average molecular weight is 365 g/mol. The van der Waals surface area contributed by atoms with Gasteiger partial charge in [0.1, 0.15) is 30.3 Å². The zero-order valence-corrected chi connectivity index (χ0v) is 13.0. The average Bonchev–Trinajstić information content (AvgIpc) is 3.04. The lowest BCUT2D eigenvalue weighted by atomic mass is 10.1. The predicted octanol–water partition coefficient (Wildman–Crippen LogP) is -4.56. The Morgan fingerprint density at radius 1 is 1.42 bits per heavy atom. The van der Waals surface area contributed by atoms with Crippen molar-refractivity contribution in [3.8, 4) is 0 Å². The Bertz CT molecular complexity index is 792. The van der Waals surface area contributed by atoms with Crippen molar-refractivity contribution in [1.82, 2.24) is 14.6 Å². The molecule has 0 radical (unpaired) electrons. The van der Waals surface area contributed by atoms with E-state index in [4.69, 9.17) is 25.4 Å². The molecule has 3 heterocycles. The molecule has 0 aromatic carbocycles. The van der Waals surface area contributed by atoms with E-state index >= 15 is 0 Å². The minimum absolute atomic E-state index is 0.0624. The Kier molecular flexibility index (Phi) is 4.36. The number of hydroxylamine groups is 2. The highest BCUT2D eigenvalue weighted by atomic mass is 31.2. The van der Waals surface area contributed by atoms with Crippen LogP contribution >= 0.6 is 7.82 Å². The summed E-state index contributed by atoms with van der Waals surface area (Å²) in [7, 11) is -4.82. The molecule has 24 heavy (non-hydrogen) atoms. The molecule has 13 nitrogen and oxygen atoms in total. The maximum atomic E-state index is 10.9. The van der Waals surface area contributed by atoms with E-state index in [1.807, 2.05) is 0 Å². The van der Waals surface area contributed by atoms with Crippen LogP contribution in [-0.4, -0.2) is 71.3 Å². The van der Waals surface area contributed by atoms with Gasteiger partial charge in [-0.05, 0) is 0 Å². The number of nitrogens with zero attached hydrogens (tertiary/aromatic N) is 4. The molecule has 1 aromatic rings. The van der Waals surface area contributed by atoms with Gasteiger partial charge in [0.25, 0.3) is 0 Å². The Morgan fingerprint density at radius 2 is 2.12 bits per heavy atom. The molecule has 14 heteroatoms. The number of imidazole rings is 1. The zero-order chi connectivity index (χ0) is 17.6. The van der Waals surface area contributed by atoms with Crippen molar-refractivity contribution < 1.29 is 39.0 Å². The van der Waals surface area contributed by atoms with E-state index in [9.17, 15) is 14.8 Å². The third kappa shape index (κ3) is 2.92. The van der Waals surface area contributed by atoms with Crippen LogP contribution in [0.4, 0.5) is 0 Å². The summed E-state index contributed by atoms with van der Waals surface area (Å²) in [5, 5.41) is 29.7. The van der Waals surface area contributed by atoms with E-state index in [-0.39, 0.29) is 23.3 Å². The fourth-order valence-corrected chi connectivity index (χ4v) is 2.91. The lowest BCUT2D eigenvalue weighted by Gasteiger charge is -2.23. The van der Waals surface area contributed by atoms with E-state index in [1.165, 1.54) is 10.9 Å². The number of aliphatic hydroxyl groups excluding tert-OH is 3. The Labute approximate surface area is 134 Å². The van der Waals surface area contributed by atoms with Crippen molar-refractivity contribution in [2.75, 3.05) is 13.3 Å². The first-order valence-corrected chi connectivity index (χ1v) is 8.28. The monoisotopic (exact) mass is 365 g/mol. The molecule has 1 fully saturated rings. The van der Waals surface area contributed by atoms with Gasteiger partial charge < -0.3 is 35.6 Å². The van der Waals surface area contributed by atoms with Gasteiger partial charge in [-0.25, -0.2) is 19.6 Å². The standard InChI is InChI=1S/C10H16N5O8P/c11-8-5-9(13-3-15(8)23-24(19,20)21)14(2-12-5)10-7(18)6(17)4(1-16)22-10/h2,4,6-7,10,16-18H,1,3,11H2,(H2,19,20,21)/t4-,6-,7-,10-/m1/s1. The first-order chi connectivity index (χ1) is 11.2. The quantitative estimate of drug-likeness (QED) is 0.281. The number of aliphatic hydroxyl groups is 3. The van der Waals surface area contributed by atoms with Crippen LogP contribution in [0, 0.1) is 0 Å². The van der Waals surface area contributed by atoms with Gasteiger partial charge in [-0.3, -0.25) is 4.57 Å². The highest BCUT2D eigenvalue weighted by molar-refractivity contribution is 7.46. The summed E-state index contributed by atoms with van der Waals surface area (Å²) in [6.45, 7) is -0.814. The number of hydrogen-bond donors (Lipinski definition) is 6. The van der Waals surface area contributed by atoms with Gasteiger partial charge in [-0.2, -0.15) is 4.62 Å². The number of hydrogen-bond acceptors (Lipinski definition) is 10. The second-order valence-electron chi connectivity index (χ2n) is 5.19. The van der Waals surface area contributed by atoms with E-state index in [0.717, 1.165) is 0 Å². The van der Waals surface area contributed by atoms with Crippen LogP contribution in [0.1, 0.15) is 6.23 Å². The fraction of sp³-hybridized carbons (Fsp3) is 0.600. The van der Waals surface area contributed by atoms with Crippen LogP contribution in [0.2, 0.25) is 0 Å². The second-order valence-corrected chi connectivity index (χ2v) is 6.33. The number of ether oxygens (including phenoxy) is 1. The molecule has 4 atom stereocenters. The van der Waals surface area contributed by atoms with Crippen molar-refractivity contribution in [1.29, 1.82) is 0 Å². The summed E-state index contributed by atoms with van der Waals surface area (Å²) in [5.41, 5.74) is 5.94. The summed E-state index contributed by atoms with van der Waals surface area (Å²) in [6, 6.07) is 0. The number of fused-ring (bicyclic) bond motifs is 1. The number of rotatable bonds is 4. The van der Waals surface area contributed by atoms with E-state index < -0.39 is 39.0 Å². The number of aromatic nitrogens is 2.